The zero-order chi connectivity index (χ0) is 88.8. The third-order valence-corrected chi connectivity index (χ3v) is 23.2. The van der Waals surface area contributed by atoms with Crippen molar-refractivity contribution < 1.29 is 153 Å². The quantitative estimate of drug-likeness (QED) is 0.00521. The van der Waals surface area contributed by atoms with Crippen molar-refractivity contribution in [2.75, 3.05) is 79.4 Å². The van der Waals surface area contributed by atoms with Gasteiger partial charge in [-0.05, 0) is 38.5 Å². The number of carboxylic acids is 5. The number of ketones is 3. The molecule has 39 nitrogen and oxygen atoms in total. The van der Waals surface area contributed by atoms with E-state index < -0.39 is 279 Å². The Labute approximate surface area is 685 Å². The van der Waals surface area contributed by atoms with E-state index in [1.165, 1.54) is 0 Å². The highest BCUT2D eigenvalue weighted by Crippen LogP contribution is 2.40. The van der Waals surface area contributed by atoms with Gasteiger partial charge in [0.25, 0.3) is 0 Å². The van der Waals surface area contributed by atoms with Crippen molar-refractivity contribution >= 4 is 149 Å². The first-order valence-corrected chi connectivity index (χ1v) is 42.8. The lowest BCUT2D eigenvalue weighted by Crippen LogP contribution is -2.53. The number of hydrogen-bond acceptors (Lipinski definition) is 29. The summed E-state index contributed by atoms with van der Waals surface area (Å²) in [5.74, 6) is -33.5. The molecule has 0 heterocycles. The lowest BCUT2D eigenvalue weighted by atomic mass is 9.91. The third-order valence-electron chi connectivity index (χ3n) is 18.2. The lowest BCUT2D eigenvalue weighted by Gasteiger charge is -2.25. The minimum atomic E-state index is -5.22. The summed E-state index contributed by atoms with van der Waals surface area (Å²) in [7, 11) is -14.9. The number of thiol groups is 2. The highest BCUT2D eigenvalue weighted by Gasteiger charge is 2.40. The van der Waals surface area contributed by atoms with E-state index in [-0.39, 0.29) is 76.5 Å². The second-order valence-corrected chi connectivity index (χ2v) is 33.5. The van der Waals surface area contributed by atoms with Gasteiger partial charge in [-0.25, -0.2) is 62.2 Å². The predicted octanol–water partition coefficient (Wildman–Crippen LogP) is 2.61. The van der Waals surface area contributed by atoms with Gasteiger partial charge >= 0.3 is 29.8 Å². The molecule has 2 aromatic carbocycles. The summed E-state index contributed by atoms with van der Waals surface area (Å²) in [5, 5.41) is 65.8. The number of sulfonamides is 1. The number of aliphatic imine (C=N–C) groups is 1. The van der Waals surface area contributed by atoms with Gasteiger partial charge in [-0.1, -0.05) is 64.2 Å². The molecule has 0 aromatic heterocycles. The molecule has 0 spiro atoms. The Balaban J connectivity index is 0.000000996. The Hall–Kier alpha value is -8.76. The van der Waals surface area contributed by atoms with E-state index in [0.29, 0.717) is 38.5 Å². The number of primary sulfonamides is 1. The number of ether oxygens (including phenoxy) is 2. The Kier molecular flexibility index (Phi) is 45.3. The number of amides is 4. The van der Waals surface area contributed by atoms with Gasteiger partial charge < -0.3 is 84.1 Å². The molecule has 0 aliphatic heterocycles. The number of carbonyl (C=O) groups excluding carboxylic acids is 7. The first kappa shape index (κ1) is 103. The summed E-state index contributed by atoms with van der Waals surface area (Å²) in [4.78, 5) is 153. The van der Waals surface area contributed by atoms with E-state index in [2.05, 4.69) is 71.8 Å². The van der Waals surface area contributed by atoms with Crippen LogP contribution in [-0.4, -0.2) is 221 Å². The molecule has 2 fully saturated rings. The molecule has 6 atom stereocenters. The van der Waals surface area contributed by atoms with E-state index >= 15 is 17.6 Å². The van der Waals surface area contributed by atoms with Gasteiger partial charge in [0.1, 0.15) is 27.3 Å². The summed E-state index contributed by atoms with van der Waals surface area (Å²) >= 11 is 7.07. The monoisotopic (exact) mass is 1790 g/mol. The number of benzene rings is 2. The van der Waals surface area contributed by atoms with Crippen molar-refractivity contribution in [2.24, 2.45) is 45.1 Å². The van der Waals surface area contributed by atoms with Crippen molar-refractivity contribution in [3.05, 3.63) is 34.9 Å². The van der Waals surface area contributed by atoms with Crippen LogP contribution in [-0.2, 0) is 106 Å². The molecule has 4 amide bonds. The molecule has 0 radical (unpaired) electrons. The molecule has 2 aliphatic rings. The zero-order valence-electron chi connectivity index (χ0n) is 63.7. The first-order valence-electron chi connectivity index (χ1n) is 36.9. The smallest absolute Gasteiger partial charge is 0.307 e. The van der Waals surface area contributed by atoms with Gasteiger partial charge in [-0.15, -0.1) is 9.32 Å². The molecule has 2 saturated carbocycles. The molecule has 20 N–H and O–H groups in total. The van der Waals surface area contributed by atoms with Crippen LogP contribution in [0.5, 0.6) is 0 Å². The van der Waals surface area contributed by atoms with Crippen LogP contribution in [0.4, 0.5) is 43.4 Å². The lowest BCUT2D eigenvalue weighted by molar-refractivity contribution is -0.158. The number of carbonyl (C=O) groups is 12. The molecule has 666 valence electrons. The van der Waals surface area contributed by atoms with E-state index in [1.54, 1.807) is 5.48 Å². The van der Waals surface area contributed by atoms with Gasteiger partial charge in [-0.2, -0.15) is 12.6 Å². The number of nitrogens with zero attached hydrogens (tertiary/aromatic N) is 1. The van der Waals surface area contributed by atoms with Gasteiger partial charge in [0, 0.05) is 82.5 Å². The summed E-state index contributed by atoms with van der Waals surface area (Å²) < 4.78 is 181. The number of sulfone groups is 2. The second kappa shape index (κ2) is 51.7. The molecule has 0 saturated heterocycles. The van der Waals surface area contributed by atoms with Gasteiger partial charge in [0.15, 0.2) is 77.0 Å². The van der Waals surface area contributed by atoms with E-state index in [1.807, 2.05) is 0 Å². The Morgan fingerprint density at radius 1 is 0.508 bits per heavy atom. The Morgan fingerprint density at radius 2 is 0.975 bits per heavy atom. The number of guanidine groups is 1. The summed E-state index contributed by atoms with van der Waals surface area (Å²) in [6.07, 6.45) is 2.75. The minimum Gasteiger partial charge on any atom is -0.481 e. The fourth-order valence-electron chi connectivity index (χ4n) is 12.2. The molecule has 2 aliphatic carbocycles. The highest BCUT2D eigenvalue weighted by molar-refractivity contribution is 7.92. The fraction of sp³-hybridized carbons (Fsp3) is 0.632. The number of hydrogen-bond donors (Lipinski definition) is 18. The Morgan fingerprint density at radius 3 is 1.47 bits per heavy atom. The molecule has 50 heteroatoms. The summed E-state index contributed by atoms with van der Waals surface area (Å²) in [6.45, 7) is -1.78. The molecule has 2 aromatic rings. The molecule has 118 heavy (non-hydrogen) atoms. The third kappa shape index (κ3) is 36.0. The van der Waals surface area contributed by atoms with Crippen LogP contribution in [0, 0.1) is 52.7 Å². The van der Waals surface area contributed by atoms with Crippen molar-refractivity contribution in [1.82, 2.24) is 21.3 Å². The van der Waals surface area contributed by atoms with Gasteiger partial charge in [-0.3, -0.25) is 62.5 Å². The highest BCUT2D eigenvalue weighted by atomic mass is 32.2. The van der Waals surface area contributed by atoms with Crippen LogP contribution in [0.2, 0.25) is 0 Å². The Bertz CT molecular complexity index is 4220. The SMILES string of the molecule is NC(N)=NCCCC(NC(=O)C(CC(=O)O)CC(=O)CCOCCOCCNC(=O)CCS(=O)(=O)c1c(F)c(F)c(S(N)(=O)=O)c(F)c1NC1CCCCCCC1)C(=O)CC(CC(=O)O)C(=O)NC[C@H](N)C(=O)N[C@@H](CC(=O)O)C(=O)C[C@@H](CS)C(=O)O.O=C(O)CCS(=O)(=O)c1c(F)c(F)c(NOOS)c(F)c1NC1CCCCCCC1. The van der Waals surface area contributed by atoms with Crippen molar-refractivity contribution in [1.29, 1.82) is 0 Å². The molecule has 3 unspecified atom stereocenters. The fourth-order valence-corrected chi connectivity index (χ4v) is 16.2. The van der Waals surface area contributed by atoms with Crippen LogP contribution in [0.15, 0.2) is 19.7 Å². The van der Waals surface area contributed by atoms with Crippen molar-refractivity contribution in [2.45, 2.75) is 205 Å². The number of rotatable bonds is 52. The van der Waals surface area contributed by atoms with Gasteiger partial charge in [0.2, 0.25) is 33.7 Å². The van der Waals surface area contributed by atoms with E-state index in [0.717, 1.165) is 51.4 Å². The normalized spacial score (nSPS) is 15.3. The summed E-state index contributed by atoms with van der Waals surface area (Å²) in [6, 6.07) is -6.03. The van der Waals surface area contributed by atoms with Crippen LogP contribution < -0.4 is 59.7 Å². The second-order valence-electron chi connectivity index (χ2n) is 27.4. The van der Waals surface area contributed by atoms with E-state index in [9.17, 15) is 112 Å². The van der Waals surface area contributed by atoms with E-state index in [4.69, 9.17) is 36.9 Å². The number of anilines is 3. The largest absolute Gasteiger partial charge is 0.481 e. The molecular formula is C68H100F6N12O27S5. The number of carboxylic acid groups (broad SMARTS) is 5. The number of Topliss-reactive ketones (excluding diaryl/α,β-unsaturated/α-hetero) is 3. The molecular weight excluding hydrogens is 1690 g/mol. The molecule has 4 rings (SSSR count). The number of halogens is 6. The van der Waals surface area contributed by atoms with Gasteiger partial charge in [0.05, 0.1) is 105 Å². The predicted molar refractivity (Wildman–Crippen MR) is 411 cm³/mol. The average Bonchev–Trinajstić information content (AvgIpc) is 0.752. The van der Waals surface area contributed by atoms with Crippen LogP contribution >= 0.6 is 25.5 Å². The van der Waals surface area contributed by atoms with Crippen molar-refractivity contribution in [3.8, 4) is 0 Å². The maximum atomic E-state index is 15.7. The summed E-state index contributed by atoms with van der Waals surface area (Å²) in [5.41, 5.74) is 15.3. The maximum Gasteiger partial charge on any atom is 0.307 e. The maximum absolute atomic E-state index is 15.7. The number of nitrogens with one attached hydrogen (secondary N) is 7. The van der Waals surface area contributed by atoms with Crippen LogP contribution in [0.25, 0.3) is 0 Å². The number of aliphatic carboxylic acids is 5. The first-order chi connectivity index (χ1) is 55.4. The van der Waals surface area contributed by atoms with Crippen molar-refractivity contribution in [3.63, 3.8) is 0 Å². The standard InChI is InChI=1S/C51H77F3N10O21S3.C17H23F3N2O6S2/c52-41-42(53)46(44(43(54)45(41)88(58,82)83)62-30-7-4-2-1-3-5-8-30)87(80,81)18-11-37(68)59-13-15-85-17-16-84-14-10-31(65)19-27(22-38(69)70)48(76)63-33(9-6-12-60-51(56)57)35(66)20-28(23-39(71)72)47(75)61-25-32(55)49(77)64-34(24-40(73)74)36(67)21-29(26-86)50(78)79;18-12-13(19)17(30(25,26)9-8-11(23)24)16(14(20)15(12)22-27-28-29)21-10-6-4-2-1-3-5-7-10/h27-30,32-34,62,86H,1-26,55H2,(H,59,68)(H,61,75)(H,63,76)(H,64,77)(H,69,70)(H,71,72)(H,73,74)(H,78,79)(H4,56,57,60)(H2,58,82,83);10,21-22,29H,1-9H2,(H,23,24)/t27?,28?,29-,32-,33?,34-;/m0./s1. The molecule has 0 bridgehead atoms. The van der Waals surface area contributed by atoms with Crippen LogP contribution in [0.1, 0.15) is 161 Å². The minimum absolute atomic E-state index is 0.0154. The number of nitrogens with two attached hydrogens (primary N) is 4. The topological polar surface area (TPSA) is 646 Å². The average molecular weight is 1790 g/mol. The zero-order valence-corrected chi connectivity index (χ0v) is 68.0. The van der Waals surface area contributed by atoms with Crippen LogP contribution in [0.3, 0.4) is 0 Å².